The summed E-state index contributed by atoms with van der Waals surface area (Å²) < 4.78 is 23.5. The van der Waals surface area contributed by atoms with Crippen molar-refractivity contribution in [3.63, 3.8) is 0 Å². The Hall–Kier alpha value is -0.780. The van der Waals surface area contributed by atoms with Gasteiger partial charge in [0.05, 0.1) is 15.8 Å². The van der Waals surface area contributed by atoms with Gasteiger partial charge in [-0.05, 0) is 24.6 Å². The molecule has 17 heavy (non-hydrogen) atoms. The Bertz CT molecular complexity index is 542. The average molecular weight is 296 g/mol. The fourth-order valence-corrected chi connectivity index (χ4v) is 2.73. The van der Waals surface area contributed by atoms with Gasteiger partial charge in [0.15, 0.2) is 9.84 Å². The summed E-state index contributed by atoms with van der Waals surface area (Å²) in [5.74, 6) is -1.17. The molecule has 0 saturated heterocycles. The number of carbonyl (C=O) groups excluding carboxylic acids is 1. The van der Waals surface area contributed by atoms with E-state index >= 15 is 0 Å². The van der Waals surface area contributed by atoms with E-state index in [1.54, 1.807) is 6.07 Å². The minimum atomic E-state index is -3.62. The monoisotopic (exact) mass is 295 g/mol. The quantitative estimate of drug-likeness (QED) is 0.920. The van der Waals surface area contributed by atoms with E-state index in [-0.39, 0.29) is 10.8 Å². The van der Waals surface area contributed by atoms with Gasteiger partial charge in [-0.3, -0.25) is 4.79 Å². The van der Waals surface area contributed by atoms with Gasteiger partial charge in [0.1, 0.15) is 5.25 Å². The third-order valence-corrected chi connectivity index (χ3v) is 5.08. The number of amides is 1. The molecule has 0 aliphatic carbocycles. The van der Waals surface area contributed by atoms with Gasteiger partial charge in [-0.15, -0.1) is 0 Å². The lowest BCUT2D eigenvalue weighted by Gasteiger charge is -2.09. The van der Waals surface area contributed by atoms with E-state index in [1.165, 1.54) is 19.1 Å². The molecule has 94 valence electrons. The number of hydrogen-bond acceptors (Lipinski definition) is 3. The number of benzene rings is 1. The molecule has 1 rings (SSSR count). The molecule has 4 nitrogen and oxygen atoms in total. The third-order valence-electron chi connectivity index (χ3n) is 2.29. The molecular formula is C10H11Cl2NO3S. The smallest absolute Gasteiger partial charge is 0.235 e. The Kier molecular flexibility index (Phi) is 4.41. The molecule has 0 saturated carbocycles. The standard InChI is InChI=1S/C10H11Cl2NO3S/c1-6(10(13)14)17(15,16)5-7-2-3-8(11)9(12)4-7/h2-4,6H,5H2,1H3,(H2,13,14)/t6-/m0/s1. The van der Waals surface area contributed by atoms with Gasteiger partial charge < -0.3 is 5.73 Å². The first-order chi connectivity index (χ1) is 7.74. The first-order valence-electron chi connectivity index (χ1n) is 4.69. The molecule has 0 heterocycles. The number of carbonyl (C=O) groups is 1. The lowest BCUT2D eigenvalue weighted by molar-refractivity contribution is -0.117. The van der Waals surface area contributed by atoms with Crippen LogP contribution < -0.4 is 5.73 Å². The van der Waals surface area contributed by atoms with E-state index in [2.05, 4.69) is 0 Å². The highest BCUT2D eigenvalue weighted by Gasteiger charge is 2.26. The van der Waals surface area contributed by atoms with Crippen molar-refractivity contribution in [3.05, 3.63) is 33.8 Å². The SMILES string of the molecule is C[C@@H](C(N)=O)S(=O)(=O)Cc1ccc(Cl)c(Cl)c1. The van der Waals surface area contributed by atoms with Crippen molar-refractivity contribution in [1.82, 2.24) is 0 Å². The summed E-state index contributed by atoms with van der Waals surface area (Å²) in [5.41, 5.74) is 5.43. The number of nitrogens with two attached hydrogens (primary N) is 1. The number of halogens is 2. The van der Waals surface area contributed by atoms with E-state index in [1.807, 2.05) is 0 Å². The van der Waals surface area contributed by atoms with Crippen molar-refractivity contribution in [2.24, 2.45) is 5.73 Å². The van der Waals surface area contributed by atoms with Crippen LogP contribution in [0.25, 0.3) is 0 Å². The molecule has 2 N–H and O–H groups in total. The van der Waals surface area contributed by atoms with Crippen molar-refractivity contribution in [3.8, 4) is 0 Å². The third kappa shape index (κ3) is 3.59. The van der Waals surface area contributed by atoms with Crippen LogP contribution >= 0.6 is 23.2 Å². The number of primary amides is 1. The summed E-state index contributed by atoms with van der Waals surface area (Å²) >= 11 is 11.5. The molecule has 0 bridgehead atoms. The molecule has 0 aliphatic rings. The summed E-state index contributed by atoms with van der Waals surface area (Å²) in [7, 11) is -3.62. The average Bonchev–Trinajstić information content (AvgIpc) is 2.22. The van der Waals surface area contributed by atoms with Crippen molar-refractivity contribution in [2.75, 3.05) is 0 Å². The van der Waals surface area contributed by atoms with Crippen LogP contribution in [0.2, 0.25) is 10.0 Å². The van der Waals surface area contributed by atoms with Gasteiger partial charge in [-0.25, -0.2) is 8.42 Å². The highest BCUT2D eigenvalue weighted by molar-refractivity contribution is 7.92. The maximum atomic E-state index is 11.8. The van der Waals surface area contributed by atoms with Crippen LogP contribution in [-0.4, -0.2) is 19.6 Å². The van der Waals surface area contributed by atoms with Crippen LogP contribution in [0.3, 0.4) is 0 Å². The summed E-state index contributed by atoms with van der Waals surface area (Å²) in [5, 5.41) is -0.612. The Labute approximate surface area is 110 Å². The Morgan fingerprint density at radius 3 is 2.41 bits per heavy atom. The first kappa shape index (κ1) is 14.3. The van der Waals surface area contributed by atoms with Crippen LogP contribution in [0.1, 0.15) is 12.5 Å². The molecule has 0 fully saturated rings. The second-order valence-electron chi connectivity index (χ2n) is 3.60. The minimum Gasteiger partial charge on any atom is -0.369 e. The van der Waals surface area contributed by atoms with Crippen molar-refractivity contribution in [2.45, 2.75) is 17.9 Å². The number of rotatable bonds is 4. The van der Waals surface area contributed by atoms with E-state index in [9.17, 15) is 13.2 Å². The molecule has 7 heteroatoms. The molecule has 1 amide bonds. The van der Waals surface area contributed by atoms with Crippen molar-refractivity contribution < 1.29 is 13.2 Å². The van der Waals surface area contributed by atoms with Crippen molar-refractivity contribution in [1.29, 1.82) is 0 Å². The molecule has 1 aromatic carbocycles. The van der Waals surface area contributed by atoms with Crippen LogP contribution in [0.5, 0.6) is 0 Å². The molecule has 0 unspecified atom stereocenters. The summed E-state index contributed by atoms with van der Waals surface area (Å²) in [6, 6.07) is 4.50. The number of sulfone groups is 1. The number of hydrogen-bond donors (Lipinski definition) is 1. The molecule has 0 aromatic heterocycles. The van der Waals surface area contributed by atoms with E-state index in [0.29, 0.717) is 10.6 Å². The van der Waals surface area contributed by atoms with Crippen LogP contribution in [-0.2, 0) is 20.4 Å². The zero-order valence-electron chi connectivity index (χ0n) is 8.98. The summed E-state index contributed by atoms with van der Waals surface area (Å²) in [6.45, 7) is 1.26. The molecule has 1 aromatic rings. The van der Waals surface area contributed by atoms with Crippen molar-refractivity contribution >= 4 is 38.9 Å². The molecule has 0 spiro atoms. The highest BCUT2D eigenvalue weighted by Crippen LogP contribution is 2.24. The van der Waals surface area contributed by atoms with Gasteiger partial charge in [-0.1, -0.05) is 29.3 Å². The first-order valence-corrected chi connectivity index (χ1v) is 7.16. The van der Waals surface area contributed by atoms with Gasteiger partial charge in [0.2, 0.25) is 5.91 Å². The van der Waals surface area contributed by atoms with Crippen LogP contribution in [0, 0.1) is 0 Å². The maximum absolute atomic E-state index is 11.8. The van der Waals surface area contributed by atoms with E-state index < -0.39 is 21.0 Å². The fraction of sp³-hybridized carbons (Fsp3) is 0.300. The Morgan fingerprint density at radius 2 is 1.94 bits per heavy atom. The molecule has 1 atom stereocenters. The summed E-state index contributed by atoms with van der Waals surface area (Å²) in [6.07, 6.45) is 0. The van der Waals surface area contributed by atoms with Gasteiger partial charge >= 0.3 is 0 Å². The lowest BCUT2D eigenvalue weighted by Crippen LogP contribution is -2.33. The maximum Gasteiger partial charge on any atom is 0.235 e. The van der Waals surface area contributed by atoms with Gasteiger partial charge in [-0.2, -0.15) is 0 Å². The Balaban J connectivity index is 2.98. The second kappa shape index (κ2) is 5.25. The minimum absolute atomic E-state index is 0.270. The van der Waals surface area contributed by atoms with Crippen LogP contribution in [0.4, 0.5) is 0 Å². The predicted molar refractivity (Wildman–Crippen MR) is 67.7 cm³/mol. The topological polar surface area (TPSA) is 77.2 Å². The van der Waals surface area contributed by atoms with Crippen LogP contribution in [0.15, 0.2) is 18.2 Å². The molecule has 0 aliphatic heterocycles. The summed E-state index contributed by atoms with van der Waals surface area (Å²) in [4.78, 5) is 10.9. The van der Waals surface area contributed by atoms with Gasteiger partial charge in [0, 0.05) is 0 Å². The second-order valence-corrected chi connectivity index (χ2v) is 6.74. The fourth-order valence-electron chi connectivity index (χ4n) is 1.16. The lowest BCUT2D eigenvalue weighted by atomic mass is 10.2. The Morgan fingerprint density at radius 1 is 1.35 bits per heavy atom. The predicted octanol–water partition coefficient (Wildman–Crippen LogP) is 1.78. The molecule has 0 radical (unpaired) electrons. The van der Waals surface area contributed by atoms with E-state index in [0.717, 1.165) is 0 Å². The largest absolute Gasteiger partial charge is 0.369 e. The van der Waals surface area contributed by atoms with E-state index in [4.69, 9.17) is 28.9 Å². The van der Waals surface area contributed by atoms with Gasteiger partial charge in [0.25, 0.3) is 0 Å². The zero-order chi connectivity index (χ0) is 13.2. The molecular weight excluding hydrogens is 285 g/mol. The zero-order valence-corrected chi connectivity index (χ0v) is 11.3. The highest BCUT2D eigenvalue weighted by atomic mass is 35.5. The normalized spacial score (nSPS) is 13.4.